The van der Waals surface area contributed by atoms with Crippen molar-refractivity contribution in [2.24, 2.45) is 5.92 Å². The SMILES string of the molecule is CC1CCN(C(=O)c2ccc(N3CCN(C(=O)OC(C)(C)C)[C@H](C)C3)nc2)CC1. The van der Waals surface area contributed by atoms with Crippen molar-refractivity contribution in [3.8, 4) is 0 Å². The summed E-state index contributed by atoms with van der Waals surface area (Å²) in [4.78, 5) is 35.5. The number of aromatic nitrogens is 1. The highest BCUT2D eigenvalue weighted by atomic mass is 16.6. The summed E-state index contributed by atoms with van der Waals surface area (Å²) in [6.45, 7) is 13.5. The fourth-order valence-electron chi connectivity index (χ4n) is 3.85. The van der Waals surface area contributed by atoms with Crippen molar-refractivity contribution in [3.63, 3.8) is 0 Å². The Hall–Kier alpha value is -2.31. The minimum Gasteiger partial charge on any atom is -0.444 e. The third kappa shape index (κ3) is 5.40. The Morgan fingerprint density at radius 2 is 1.76 bits per heavy atom. The standard InChI is InChI=1S/C22H34N4O3/c1-16-8-10-24(11-9-16)20(27)18-6-7-19(23-14-18)25-12-13-26(17(2)15-25)21(28)29-22(3,4)5/h6-7,14,16-17H,8-13,15H2,1-5H3/t17-/m1/s1. The molecule has 7 heteroatoms. The molecule has 160 valence electrons. The third-order valence-electron chi connectivity index (χ3n) is 5.65. The molecule has 0 saturated carbocycles. The number of likely N-dealkylation sites (tertiary alicyclic amines) is 1. The van der Waals surface area contributed by atoms with E-state index in [9.17, 15) is 9.59 Å². The minimum atomic E-state index is -0.496. The Kier molecular flexibility index (Phi) is 6.34. The van der Waals surface area contributed by atoms with Gasteiger partial charge in [0.25, 0.3) is 5.91 Å². The van der Waals surface area contributed by atoms with Gasteiger partial charge in [0.1, 0.15) is 11.4 Å². The summed E-state index contributed by atoms with van der Waals surface area (Å²) in [5.41, 5.74) is 0.147. The lowest BCUT2D eigenvalue weighted by Gasteiger charge is -2.40. The second-order valence-electron chi connectivity index (χ2n) is 9.35. The van der Waals surface area contributed by atoms with Gasteiger partial charge in [-0.25, -0.2) is 9.78 Å². The molecule has 3 rings (SSSR count). The fourth-order valence-corrected chi connectivity index (χ4v) is 3.85. The van der Waals surface area contributed by atoms with Gasteiger partial charge in [-0.05, 0) is 58.6 Å². The van der Waals surface area contributed by atoms with Gasteiger partial charge in [0.15, 0.2) is 0 Å². The van der Waals surface area contributed by atoms with E-state index in [1.54, 1.807) is 11.1 Å². The van der Waals surface area contributed by atoms with E-state index in [0.29, 0.717) is 31.1 Å². The van der Waals surface area contributed by atoms with Crippen LogP contribution >= 0.6 is 0 Å². The van der Waals surface area contributed by atoms with Gasteiger partial charge in [-0.3, -0.25) is 4.79 Å². The lowest BCUT2D eigenvalue weighted by molar-refractivity contribution is 0.0158. The summed E-state index contributed by atoms with van der Waals surface area (Å²) in [5, 5.41) is 0. The molecule has 3 heterocycles. The molecule has 7 nitrogen and oxygen atoms in total. The van der Waals surface area contributed by atoms with Crippen LogP contribution in [-0.2, 0) is 4.74 Å². The second kappa shape index (κ2) is 8.59. The number of hydrogen-bond acceptors (Lipinski definition) is 5. The highest BCUT2D eigenvalue weighted by molar-refractivity contribution is 5.94. The monoisotopic (exact) mass is 402 g/mol. The van der Waals surface area contributed by atoms with Gasteiger partial charge in [0.05, 0.1) is 5.56 Å². The van der Waals surface area contributed by atoms with Crippen molar-refractivity contribution >= 4 is 17.8 Å². The van der Waals surface area contributed by atoms with Gasteiger partial charge in [-0.15, -0.1) is 0 Å². The molecule has 1 aromatic rings. The predicted octanol–water partition coefficient (Wildman–Crippen LogP) is 3.40. The number of piperazine rings is 1. The van der Waals surface area contributed by atoms with Crippen molar-refractivity contribution < 1.29 is 14.3 Å². The number of anilines is 1. The highest BCUT2D eigenvalue weighted by Gasteiger charge is 2.31. The van der Waals surface area contributed by atoms with Gasteiger partial charge >= 0.3 is 6.09 Å². The number of piperidine rings is 1. The maximum Gasteiger partial charge on any atom is 0.410 e. The van der Waals surface area contributed by atoms with Crippen molar-refractivity contribution in [2.45, 2.75) is 59.1 Å². The lowest BCUT2D eigenvalue weighted by Crippen LogP contribution is -2.55. The summed E-state index contributed by atoms with van der Waals surface area (Å²) in [5.74, 6) is 1.60. The van der Waals surface area contributed by atoms with Crippen LogP contribution in [0.25, 0.3) is 0 Å². The number of hydrogen-bond donors (Lipinski definition) is 0. The predicted molar refractivity (Wildman–Crippen MR) is 113 cm³/mol. The lowest BCUT2D eigenvalue weighted by atomic mass is 9.99. The topological polar surface area (TPSA) is 66.0 Å². The van der Waals surface area contributed by atoms with Crippen molar-refractivity contribution in [3.05, 3.63) is 23.9 Å². The maximum absolute atomic E-state index is 12.7. The zero-order chi connectivity index (χ0) is 21.2. The van der Waals surface area contributed by atoms with Crippen LogP contribution in [0.5, 0.6) is 0 Å². The first-order chi connectivity index (χ1) is 13.6. The number of nitrogens with zero attached hydrogens (tertiary/aromatic N) is 4. The molecule has 0 spiro atoms. The number of carbonyl (C=O) groups excluding carboxylic acids is 2. The van der Waals surface area contributed by atoms with E-state index < -0.39 is 5.60 Å². The number of carbonyl (C=O) groups is 2. The van der Waals surface area contributed by atoms with Gasteiger partial charge in [0.2, 0.25) is 0 Å². The molecule has 1 atom stereocenters. The molecule has 29 heavy (non-hydrogen) atoms. The molecular weight excluding hydrogens is 368 g/mol. The fraction of sp³-hybridized carbons (Fsp3) is 0.682. The Labute approximate surface area is 174 Å². The van der Waals surface area contributed by atoms with Crippen LogP contribution in [0.15, 0.2) is 18.3 Å². The summed E-state index contributed by atoms with van der Waals surface area (Å²) >= 11 is 0. The molecule has 0 radical (unpaired) electrons. The van der Waals surface area contributed by atoms with Crippen LogP contribution in [-0.4, -0.2) is 71.2 Å². The second-order valence-corrected chi connectivity index (χ2v) is 9.35. The number of rotatable bonds is 2. The Balaban J connectivity index is 1.58. The molecule has 2 aliphatic heterocycles. The average Bonchev–Trinajstić information content (AvgIpc) is 2.66. The maximum atomic E-state index is 12.7. The number of amides is 2. The molecule has 2 aliphatic rings. The van der Waals surface area contributed by atoms with Crippen molar-refractivity contribution in [1.82, 2.24) is 14.8 Å². The van der Waals surface area contributed by atoms with Crippen LogP contribution in [0.4, 0.5) is 10.6 Å². The first-order valence-corrected chi connectivity index (χ1v) is 10.6. The molecule has 2 saturated heterocycles. The molecule has 2 amide bonds. The summed E-state index contributed by atoms with van der Waals surface area (Å²) < 4.78 is 5.51. The normalized spacial score (nSPS) is 21.3. The zero-order valence-corrected chi connectivity index (χ0v) is 18.4. The van der Waals surface area contributed by atoms with Crippen LogP contribution in [0.2, 0.25) is 0 Å². The molecular formula is C22H34N4O3. The quantitative estimate of drug-likeness (QED) is 0.759. The first-order valence-electron chi connectivity index (χ1n) is 10.6. The largest absolute Gasteiger partial charge is 0.444 e. The molecule has 0 aromatic carbocycles. The Bertz CT molecular complexity index is 721. The molecule has 0 bridgehead atoms. The van der Waals surface area contributed by atoms with Crippen LogP contribution < -0.4 is 4.90 Å². The van der Waals surface area contributed by atoms with E-state index >= 15 is 0 Å². The number of pyridine rings is 1. The number of ether oxygens (including phenoxy) is 1. The van der Waals surface area contributed by atoms with Crippen molar-refractivity contribution in [2.75, 3.05) is 37.6 Å². The Morgan fingerprint density at radius 3 is 2.31 bits per heavy atom. The molecule has 0 unspecified atom stereocenters. The van der Waals surface area contributed by atoms with E-state index in [1.807, 2.05) is 44.7 Å². The minimum absolute atomic E-state index is 0.0250. The van der Waals surface area contributed by atoms with Gasteiger partial charge < -0.3 is 19.4 Å². The van der Waals surface area contributed by atoms with Gasteiger partial charge in [0, 0.05) is 45.0 Å². The van der Waals surface area contributed by atoms with Crippen molar-refractivity contribution in [1.29, 1.82) is 0 Å². The molecule has 0 aliphatic carbocycles. The molecule has 1 aromatic heterocycles. The highest BCUT2D eigenvalue weighted by Crippen LogP contribution is 2.21. The van der Waals surface area contributed by atoms with Crippen LogP contribution in [0.1, 0.15) is 57.8 Å². The van der Waals surface area contributed by atoms with E-state index in [0.717, 1.165) is 31.7 Å². The average molecular weight is 403 g/mol. The van der Waals surface area contributed by atoms with E-state index in [2.05, 4.69) is 16.8 Å². The van der Waals surface area contributed by atoms with Crippen LogP contribution in [0, 0.1) is 5.92 Å². The van der Waals surface area contributed by atoms with E-state index in [-0.39, 0.29) is 18.0 Å². The molecule has 0 N–H and O–H groups in total. The zero-order valence-electron chi connectivity index (χ0n) is 18.4. The van der Waals surface area contributed by atoms with Gasteiger partial charge in [-0.1, -0.05) is 6.92 Å². The summed E-state index contributed by atoms with van der Waals surface area (Å²) in [6.07, 6.45) is 3.55. The summed E-state index contributed by atoms with van der Waals surface area (Å²) in [6, 6.07) is 3.81. The smallest absolute Gasteiger partial charge is 0.410 e. The van der Waals surface area contributed by atoms with Gasteiger partial charge in [-0.2, -0.15) is 0 Å². The Morgan fingerprint density at radius 1 is 1.07 bits per heavy atom. The van der Waals surface area contributed by atoms with E-state index in [1.165, 1.54) is 0 Å². The summed E-state index contributed by atoms with van der Waals surface area (Å²) in [7, 11) is 0. The first kappa shape index (κ1) is 21.4. The molecule has 2 fully saturated rings. The van der Waals surface area contributed by atoms with E-state index in [4.69, 9.17) is 4.74 Å². The van der Waals surface area contributed by atoms with Crippen LogP contribution in [0.3, 0.4) is 0 Å². The third-order valence-corrected chi connectivity index (χ3v) is 5.65.